The smallest absolute Gasteiger partial charge is 0.263 e. The fourth-order valence-electron chi connectivity index (χ4n) is 1.62. The normalized spacial score (nSPS) is 15.1. The van der Waals surface area contributed by atoms with E-state index in [0.717, 1.165) is 11.4 Å². The predicted molar refractivity (Wildman–Crippen MR) is 78.6 cm³/mol. The van der Waals surface area contributed by atoms with Crippen LogP contribution in [0.4, 0.5) is 0 Å². The van der Waals surface area contributed by atoms with Crippen LogP contribution in [-0.4, -0.2) is 28.6 Å². The van der Waals surface area contributed by atoms with E-state index in [1.54, 1.807) is 6.20 Å². The van der Waals surface area contributed by atoms with Crippen molar-refractivity contribution in [1.82, 2.24) is 10.3 Å². The van der Waals surface area contributed by atoms with Gasteiger partial charge < -0.3 is 10.4 Å². The molecule has 0 saturated carbocycles. The summed E-state index contributed by atoms with van der Waals surface area (Å²) in [5.41, 5.74) is -0.0454. The summed E-state index contributed by atoms with van der Waals surface area (Å²) in [6.45, 7) is 10.2. The highest BCUT2D eigenvalue weighted by molar-refractivity contribution is 7.13. The van der Waals surface area contributed by atoms with Gasteiger partial charge >= 0.3 is 0 Å². The molecule has 2 N–H and O–H groups in total. The molecular formula is C14H24N2O2S. The Bertz CT molecular complexity index is 423. The molecule has 1 heterocycles. The van der Waals surface area contributed by atoms with Gasteiger partial charge in [0.2, 0.25) is 0 Å². The third-order valence-electron chi connectivity index (χ3n) is 3.22. The molecule has 19 heavy (non-hydrogen) atoms. The van der Waals surface area contributed by atoms with Crippen LogP contribution in [0, 0.1) is 5.92 Å². The van der Waals surface area contributed by atoms with Gasteiger partial charge in [-0.05, 0) is 5.92 Å². The number of hydrogen-bond donors (Lipinski definition) is 2. The molecule has 0 aliphatic carbocycles. The van der Waals surface area contributed by atoms with E-state index >= 15 is 0 Å². The molecule has 1 rings (SSSR count). The second kappa shape index (κ2) is 6.48. The van der Waals surface area contributed by atoms with Gasteiger partial charge in [-0.3, -0.25) is 4.79 Å². The number of rotatable bonds is 5. The number of nitrogens with zero attached hydrogens (tertiary/aromatic N) is 1. The highest BCUT2D eigenvalue weighted by atomic mass is 32.1. The quantitative estimate of drug-likeness (QED) is 0.873. The van der Waals surface area contributed by atoms with E-state index < -0.39 is 0 Å². The molecule has 0 aliphatic heterocycles. The van der Waals surface area contributed by atoms with E-state index in [4.69, 9.17) is 0 Å². The Hall–Kier alpha value is -0.940. The van der Waals surface area contributed by atoms with Crippen LogP contribution in [0.25, 0.3) is 0 Å². The molecule has 4 nitrogen and oxygen atoms in total. The van der Waals surface area contributed by atoms with Gasteiger partial charge in [0.25, 0.3) is 5.91 Å². The fraction of sp³-hybridized carbons (Fsp3) is 0.714. The zero-order valence-electron chi connectivity index (χ0n) is 12.4. The maximum atomic E-state index is 12.1. The zero-order chi connectivity index (χ0) is 14.6. The number of hydrogen-bond acceptors (Lipinski definition) is 4. The van der Waals surface area contributed by atoms with E-state index in [1.165, 1.54) is 11.3 Å². The lowest BCUT2D eigenvalue weighted by atomic mass is 9.98. The molecule has 1 amide bonds. The zero-order valence-corrected chi connectivity index (χ0v) is 13.2. The van der Waals surface area contributed by atoms with Gasteiger partial charge in [-0.15, -0.1) is 11.3 Å². The first-order valence-electron chi connectivity index (χ1n) is 6.67. The second-order valence-corrected chi connectivity index (χ2v) is 6.96. The number of carbonyl (C=O) groups is 1. The molecule has 0 aromatic carbocycles. The number of aliphatic hydroxyl groups is 1. The summed E-state index contributed by atoms with van der Waals surface area (Å²) in [4.78, 5) is 17.0. The van der Waals surface area contributed by atoms with Crippen molar-refractivity contribution < 1.29 is 9.90 Å². The second-order valence-electron chi connectivity index (χ2n) is 5.93. The summed E-state index contributed by atoms with van der Waals surface area (Å²) >= 11 is 1.41. The number of aromatic nitrogens is 1. The van der Waals surface area contributed by atoms with E-state index in [-0.39, 0.29) is 29.9 Å². The van der Waals surface area contributed by atoms with Crippen molar-refractivity contribution in [1.29, 1.82) is 0 Å². The van der Waals surface area contributed by atoms with Crippen molar-refractivity contribution in [3.05, 3.63) is 16.1 Å². The minimum atomic E-state index is -0.197. The Labute approximate surface area is 119 Å². The van der Waals surface area contributed by atoms with Gasteiger partial charge in [-0.2, -0.15) is 0 Å². The lowest BCUT2D eigenvalue weighted by molar-refractivity contribution is 0.0895. The van der Waals surface area contributed by atoms with E-state index in [9.17, 15) is 9.90 Å². The largest absolute Gasteiger partial charge is 0.394 e. The number of amides is 1. The topological polar surface area (TPSA) is 62.2 Å². The number of thiazole rings is 1. The standard InChI is InChI=1S/C14H24N2O2S/c1-6-9(2)10(8-17)16-12(18)11-7-15-13(19-11)14(3,4)5/h7,9-10,17H,6,8H2,1-5H3,(H,16,18). The molecule has 2 atom stereocenters. The number of nitrogens with one attached hydrogen (secondary N) is 1. The van der Waals surface area contributed by atoms with Crippen molar-refractivity contribution >= 4 is 17.2 Å². The predicted octanol–water partition coefficient (Wildman–Crippen LogP) is 2.58. The molecular weight excluding hydrogens is 260 g/mol. The molecule has 0 saturated heterocycles. The van der Waals surface area contributed by atoms with Gasteiger partial charge in [0.15, 0.2) is 0 Å². The van der Waals surface area contributed by atoms with Gasteiger partial charge in [-0.1, -0.05) is 41.0 Å². The highest BCUT2D eigenvalue weighted by Crippen LogP contribution is 2.26. The van der Waals surface area contributed by atoms with Gasteiger partial charge in [0, 0.05) is 5.41 Å². The van der Waals surface area contributed by atoms with Crippen LogP contribution in [0.2, 0.25) is 0 Å². The monoisotopic (exact) mass is 284 g/mol. The summed E-state index contributed by atoms with van der Waals surface area (Å²) in [6.07, 6.45) is 2.53. The Morgan fingerprint density at radius 1 is 1.53 bits per heavy atom. The lowest BCUT2D eigenvalue weighted by Gasteiger charge is -2.21. The summed E-state index contributed by atoms with van der Waals surface area (Å²) in [7, 11) is 0. The first-order chi connectivity index (χ1) is 8.79. The van der Waals surface area contributed by atoms with Crippen molar-refractivity contribution in [2.75, 3.05) is 6.61 Å². The summed E-state index contributed by atoms with van der Waals surface area (Å²) in [5, 5.41) is 13.2. The van der Waals surface area contributed by atoms with Gasteiger partial charge in [0.05, 0.1) is 23.9 Å². The Morgan fingerprint density at radius 2 is 2.16 bits per heavy atom. The van der Waals surface area contributed by atoms with Gasteiger partial charge in [-0.25, -0.2) is 4.98 Å². The first-order valence-corrected chi connectivity index (χ1v) is 7.49. The maximum Gasteiger partial charge on any atom is 0.263 e. The van der Waals surface area contributed by atoms with E-state index in [1.807, 2.05) is 13.8 Å². The summed E-state index contributed by atoms with van der Waals surface area (Å²) in [6, 6.07) is -0.197. The van der Waals surface area contributed by atoms with Gasteiger partial charge in [0.1, 0.15) is 4.88 Å². The molecule has 0 bridgehead atoms. The third-order valence-corrected chi connectivity index (χ3v) is 4.64. The van der Waals surface area contributed by atoms with Crippen LogP contribution in [0.3, 0.4) is 0 Å². The molecule has 0 spiro atoms. The average molecular weight is 284 g/mol. The van der Waals surface area contributed by atoms with Crippen LogP contribution in [-0.2, 0) is 5.41 Å². The van der Waals surface area contributed by atoms with Crippen LogP contribution in [0.15, 0.2) is 6.20 Å². The van der Waals surface area contributed by atoms with Crippen LogP contribution >= 0.6 is 11.3 Å². The Morgan fingerprint density at radius 3 is 2.58 bits per heavy atom. The van der Waals surface area contributed by atoms with Crippen molar-refractivity contribution in [3.8, 4) is 0 Å². The van der Waals surface area contributed by atoms with E-state index in [2.05, 4.69) is 31.1 Å². The van der Waals surface area contributed by atoms with Crippen LogP contribution in [0.1, 0.15) is 55.7 Å². The Kier molecular flexibility index (Phi) is 5.50. The number of carbonyl (C=O) groups excluding carboxylic acids is 1. The molecule has 0 fully saturated rings. The fourth-order valence-corrected chi connectivity index (χ4v) is 2.49. The van der Waals surface area contributed by atoms with Crippen LogP contribution in [0.5, 0.6) is 0 Å². The maximum absolute atomic E-state index is 12.1. The summed E-state index contributed by atoms with van der Waals surface area (Å²) in [5.74, 6) is 0.108. The lowest BCUT2D eigenvalue weighted by Crippen LogP contribution is -2.41. The highest BCUT2D eigenvalue weighted by Gasteiger charge is 2.23. The van der Waals surface area contributed by atoms with Crippen molar-refractivity contribution in [2.45, 2.75) is 52.5 Å². The minimum Gasteiger partial charge on any atom is -0.394 e. The molecule has 1 aromatic rings. The molecule has 2 unspecified atom stereocenters. The average Bonchev–Trinajstić information content (AvgIpc) is 2.84. The molecule has 5 heteroatoms. The SMILES string of the molecule is CCC(C)C(CO)NC(=O)c1cnc(C(C)(C)C)s1. The van der Waals surface area contributed by atoms with E-state index in [0.29, 0.717) is 4.88 Å². The van der Waals surface area contributed by atoms with Crippen LogP contribution < -0.4 is 5.32 Å². The van der Waals surface area contributed by atoms with Crippen molar-refractivity contribution in [3.63, 3.8) is 0 Å². The number of aliphatic hydroxyl groups excluding tert-OH is 1. The third kappa shape index (κ3) is 4.28. The molecule has 0 aliphatic rings. The molecule has 1 aromatic heterocycles. The Balaban J connectivity index is 2.75. The summed E-state index contributed by atoms with van der Waals surface area (Å²) < 4.78 is 0. The molecule has 108 valence electrons. The minimum absolute atomic E-state index is 0.0360. The molecule has 0 radical (unpaired) electrons. The van der Waals surface area contributed by atoms with Crippen molar-refractivity contribution in [2.24, 2.45) is 5.92 Å². The first kappa shape index (κ1) is 16.1.